The van der Waals surface area contributed by atoms with E-state index in [1.807, 2.05) is 0 Å². The monoisotopic (exact) mass is 266 g/mol. The van der Waals surface area contributed by atoms with Crippen molar-refractivity contribution in [1.82, 2.24) is 20.4 Å². The second-order valence-corrected chi connectivity index (χ2v) is 5.67. The van der Waals surface area contributed by atoms with Crippen LogP contribution in [0.25, 0.3) is 0 Å². The van der Waals surface area contributed by atoms with Gasteiger partial charge in [-0.2, -0.15) is 4.98 Å². The first-order chi connectivity index (χ1) is 9.19. The Labute approximate surface area is 115 Å². The molecule has 1 saturated heterocycles. The maximum absolute atomic E-state index is 5.25. The van der Waals surface area contributed by atoms with Crippen LogP contribution in [0.2, 0.25) is 0 Å². The first-order valence-corrected chi connectivity index (χ1v) is 7.48. The molecular weight excluding hydrogens is 240 g/mol. The molecule has 0 radical (unpaired) electrons. The fourth-order valence-corrected chi connectivity index (χ4v) is 2.50. The van der Waals surface area contributed by atoms with Gasteiger partial charge in [0.25, 0.3) is 0 Å². The van der Waals surface area contributed by atoms with Crippen LogP contribution in [0.15, 0.2) is 4.52 Å². The molecule has 2 heterocycles. The maximum atomic E-state index is 5.25. The molecule has 0 spiro atoms. The van der Waals surface area contributed by atoms with E-state index in [0.29, 0.717) is 12.1 Å². The van der Waals surface area contributed by atoms with Crippen molar-refractivity contribution in [2.75, 3.05) is 13.1 Å². The minimum absolute atomic E-state index is 0.496. The Kier molecular flexibility index (Phi) is 5.34. The Morgan fingerprint density at radius 1 is 1.47 bits per heavy atom. The van der Waals surface area contributed by atoms with Gasteiger partial charge in [0.05, 0.1) is 6.54 Å². The number of aromatic nitrogens is 2. The van der Waals surface area contributed by atoms with Crippen LogP contribution in [0.3, 0.4) is 0 Å². The average Bonchev–Trinajstić information content (AvgIpc) is 3.01. The molecule has 5 heteroatoms. The Morgan fingerprint density at radius 2 is 2.32 bits per heavy atom. The molecule has 0 amide bonds. The Balaban J connectivity index is 1.90. The third-order valence-corrected chi connectivity index (χ3v) is 3.67. The van der Waals surface area contributed by atoms with Gasteiger partial charge in [0.2, 0.25) is 5.89 Å². The summed E-state index contributed by atoms with van der Waals surface area (Å²) in [5, 5.41) is 7.63. The minimum Gasteiger partial charge on any atom is -0.339 e. The normalized spacial score (nSPS) is 19.7. The SMILES string of the molecule is CCCc1nc(CN(CC2CCCN2)C(C)C)no1. The predicted octanol–water partition coefficient (Wildman–Crippen LogP) is 1.98. The van der Waals surface area contributed by atoms with Crippen LogP contribution in [-0.4, -0.2) is 40.2 Å². The van der Waals surface area contributed by atoms with Gasteiger partial charge in [-0.05, 0) is 39.7 Å². The lowest BCUT2D eigenvalue weighted by Crippen LogP contribution is -2.41. The quantitative estimate of drug-likeness (QED) is 0.818. The topological polar surface area (TPSA) is 54.2 Å². The Hall–Kier alpha value is -0.940. The van der Waals surface area contributed by atoms with Crippen molar-refractivity contribution in [3.05, 3.63) is 11.7 Å². The fourth-order valence-electron chi connectivity index (χ4n) is 2.50. The third-order valence-electron chi connectivity index (χ3n) is 3.67. The molecule has 1 aromatic heterocycles. The fraction of sp³-hybridized carbons (Fsp3) is 0.857. The van der Waals surface area contributed by atoms with Gasteiger partial charge in [-0.1, -0.05) is 12.1 Å². The summed E-state index contributed by atoms with van der Waals surface area (Å²) in [5.41, 5.74) is 0. The molecule has 1 N–H and O–H groups in total. The van der Waals surface area contributed by atoms with Crippen LogP contribution in [-0.2, 0) is 13.0 Å². The van der Waals surface area contributed by atoms with E-state index in [-0.39, 0.29) is 0 Å². The van der Waals surface area contributed by atoms with Gasteiger partial charge >= 0.3 is 0 Å². The number of nitrogens with zero attached hydrogens (tertiary/aromatic N) is 3. The zero-order valence-electron chi connectivity index (χ0n) is 12.4. The van der Waals surface area contributed by atoms with E-state index in [4.69, 9.17) is 4.52 Å². The van der Waals surface area contributed by atoms with Crippen LogP contribution in [0.5, 0.6) is 0 Å². The lowest BCUT2D eigenvalue weighted by molar-refractivity contribution is 0.187. The summed E-state index contributed by atoms with van der Waals surface area (Å²) in [7, 11) is 0. The van der Waals surface area contributed by atoms with E-state index in [9.17, 15) is 0 Å². The van der Waals surface area contributed by atoms with Gasteiger partial charge in [-0.25, -0.2) is 0 Å². The second kappa shape index (κ2) is 7.01. The van der Waals surface area contributed by atoms with E-state index in [0.717, 1.165) is 44.2 Å². The number of hydrogen-bond acceptors (Lipinski definition) is 5. The molecule has 0 aromatic carbocycles. The molecule has 108 valence electrons. The van der Waals surface area contributed by atoms with Crippen LogP contribution in [0.1, 0.15) is 51.7 Å². The largest absolute Gasteiger partial charge is 0.339 e. The summed E-state index contributed by atoms with van der Waals surface area (Å²) < 4.78 is 5.25. The highest BCUT2D eigenvalue weighted by Crippen LogP contribution is 2.12. The number of nitrogens with one attached hydrogen (secondary N) is 1. The average molecular weight is 266 g/mol. The first-order valence-electron chi connectivity index (χ1n) is 7.48. The zero-order valence-corrected chi connectivity index (χ0v) is 12.4. The van der Waals surface area contributed by atoms with Crippen LogP contribution in [0.4, 0.5) is 0 Å². The Morgan fingerprint density at radius 3 is 2.95 bits per heavy atom. The summed E-state index contributed by atoms with van der Waals surface area (Å²) in [6, 6.07) is 1.11. The van der Waals surface area contributed by atoms with E-state index in [1.165, 1.54) is 12.8 Å². The second-order valence-electron chi connectivity index (χ2n) is 5.67. The van der Waals surface area contributed by atoms with Crippen LogP contribution < -0.4 is 5.32 Å². The predicted molar refractivity (Wildman–Crippen MR) is 74.9 cm³/mol. The molecular formula is C14H26N4O. The van der Waals surface area contributed by atoms with Crippen molar-refractivity contribution in [2.45, 2.75) is 65.1 Å². The molecule has 0 saturated carbocycles. The zero-order chi connectivity index (χ0) is 13.7. The highest BCUT2D eigenvalue weighted by atomic mass is 16.5. The van der Waals surface area contributed by atoms with Gasteiger partial charge < -0.3 is 9.84 Å². The molecule has 1 aliphatic heterocycles. The van der Waals surface area contributed by atoms with Crippen molar-refractivity contribution in [3.8, 4) is 0 Å². The molecule has 1 fully saturated rings. The van der Waals surface area contributed by atoms with E-state index in [1.54, 1.807) is 0 Å². The Bertz CT molecular complexity index is 371. The minimum atomic E-state index is 0.496. The van der Waals surface area contributed by atoms with Gasteiger partial charge in [-0.15, -0.1) is 0 Å². The molecule has 1 atom stereocenters. The summed E-state index contributed by atoms with van der Waals surface area (Å²) in [6.45, 7) is 9.57. The van der Waals surface area contributed by atoms with Gasteiger partial charge in [-0.3, -0.25) is 4.90 Å². The first kappa shape index (κ1) is 14.5. The maximum Gasteiger partial charge on any atom is 0.226 e. The summed E-state index contributed by atoms with van der Waals surface area (Å²) >= 11 is 0. The molecule has 2 rings (SSSR count). The van der Waals surface area contributed by atoms with E-state index < -0.39 is 0 Å². The molecule has 19 heavy (non-hydrogen) atoms. The molecule has 1 aromatic rings. The number of hydrogen-bond donors (Lipinski definition) is 1. The molecule has 0 aliphatic carbocycles. The van der Waals surface area contributed by atoms with Crippen molar-refractivity contribution in [3.63, 3.8) is 0 Å². The third kappa shape index (κ3) is 4.28. The summed E-state index contributed by atoms with van der Waals surface area (Å²) in [5.74, 6) is 1.58. The van der Waals surface area contributed by atoms with Crippen molar-refractivity contribution in [2.24, 2.45) is 0 Å². The summed E-state index contributed by atoms with van der Waals surface area (Å²) in [4.78, 5) is 6.88. The van der Waals surface area contributed by atoms with Crippen molar-refractivity contribution in [1.29, 1.82) is 0 Å². The molecule has 5 nitrogen and oxygen atoms in total. The highest BCUT2D eigenvalue weighted by molar-refractivity contribution is 4.88. The van der Waals surface area contributed by atoms with Crippen LogP contribution in [0, 0.1) is 0 Å². The number of aryl methyl sites for hydroxylation is 1. The number of rotatable bonds is 7. The summed E-state index contributed by atoms with van der Waals surface area (Å²) in [6.07, 6.45) is 4.48. The molecule has 1 unspecified atom stereocenters. The standard InChI is InChI=1S/C14H26N4O/c1-4-6-14-16-13(17-19-14)10-18(11(2)3)9-12-7-5-8-15-12/h11-12,15H,4-10H2,1-3H3. The van der Waals surface area contributed by atoms with Crippen molar-refractivity contribution >= 4 is 0 Å². The van der Waals surface area contributed by atoms with Gasteiger partial charge in [0.15, 0.2) is 5.82 Å². The molecule has 1 aliphatic rings. The van der Waals surface area contributed by atoms with Crippen molar-refractivity contribution < 1.29 is 4.52 Å². The van der Waals surface area contributed by atoms with E-state index in [2.05, 4.69) is 41.1 Å². The smallest absolute Gasteiger partial charge is 0.226 e. The van der Waals surface area contributed by atoms with Gasteiger partial charge in [0.1, 0.15) is 0 Å². The molecule has 0 bridgehead atoms. The lowest BCUT2D eigenvalue weighted by atomic mass is 10.2. The lowest BCUT2D eigenvalue weighted by Gasteiger charge is -2.27. The van der Waals surface area contributed by atoms with Gasteiger partial charge in [0, 0.05) is 25.0 Å². The van der Waals surface area contributed by atoms with Crippen LogP contribution >= 0.6 is 0 Å². The van der Waals surface area contributed by atoms with E-state index >= 15 is 0 Å². The highest BCUT2D eigenvalue weighted by Gasteiger charge is 2.21.